The fourth-order valence-corrected chi connectivity index (χ4v) is 1.32. The van der Waals surface area contributed by atoms with E-state index in [-0.39, 0.29) is 12.7 Å². The van der Waals surface area contributed by atoms with Gasteiger partial charge in [0.1, 0.15) is 0 Å². The van der Waals surface area contributed by atoms with Gasteiger partial charge < -0.3 is 9.47 Å². The summed E-state index contributed by atoms with van der Waals surface area (Å²) in [4.78, 5) is 10.6. The van der Waals surface area contributed by atoms with E-state index in [2.05, 4.69) is 10.9 Å². The molecule has 1 aliphatic rings. The maximum absolute atomic E-state index is 10.6. The Morgan fingerprint density at radius 2 is 2.20 bits per heavy atom. The second-order valence-electron chi connectivity index (χ2n) is 3.22. The topological polar surface area (TPSA) is 59.6 Å². The standard InChI is InChI=1S/C10H12N2O3/c1-7(13)12-11-5-8-2-3-9-10(4-8)15-6-14-9/h2-4,11H,5-6H2,1H3,(H,12,13). The predicted octanol–water partition coefficient (Wildman–Crippen LogP) is 0.556. The van der Waals surface area contributed by atoms with Crippen molar-refractivity contribution in [1.29, 1.82) is 0 Å². The summed E-state index contributed by atoms with van der Waals surface area (Å²) in [6.07, 6.45) is 0. The highest BCUT2D eigenvalue weighted by Gasteiger charge is 2.12. The number of ether oxygens (including phenoxy) is 2. The average molecular weight is 208 g/mol. The summed E-state index contributed by atoms with van der Waals surface area (Å²) >= 11 is 0. The Bertz CT molecular complexity index is 379. The third-order valence-electron chi connectivity index (χ3n) is 1.99. The van der Waals surface area contributed by atoms with Gasteiger partial charge in [-0.05, 0) is 17.7 Å². The molecule has 0 saturated heterocycles. The van der Waals surface area contributed by atoms with Crippen LogP contribution in [0.5, 0.6) is 11.5 Å². The van der Waals surface area contributed by atoms with Gasteiger partial charge in [0, 0.05) is 13.5 Å². The second-order valence-corrected chi connectivity index (χ2v) is 3.22. The number of benzene rings is 1. The fraction of sp³-hybridized carbons (Fsp3) is 0.300. The Labute approximate surface area is 87.3 Å². The van der Waals surface area contributed by atoms with E-state index in [4.69, 9.17) is 9.47 Å². The van der Waals surface area contributed by atoms with Crippen molar-refractivity contribution in [2.45, 2.75) is 13.5 Å². The Kier molecular flexibility index (Phi) is 2.73. The van der Waals surface area contributed by atoms with Crippen molar-refractivity contribution in [3.8, 4) is 11.5 Å². The van der Waals surface area contributed by atoms with E-state index in [1.165, 1.54) is 6.92 Å². The highest BCUT2D eigenvalue weighted by Crippen LogP contribution is 2.32. The first-order valence-electron chi connectivity index (χ1n) is 4.63. The summed E-state index contributed by atoms with van der Waals surface area (Å²) in [6, 6.07) is 5.66. The molecule has 5 heteroatoms. The van der Waals surface area contributed by atoms with Gasteiger partial charge in [-0.25, -0.2) is 5.43 Å². The van der Waals surface area contributed by atoms with E-state index in [9.17, 15) is 4.79 Å². The molecule has 0 radical (unpaired) electrons. The van der Waals surface area contributed by atoms with Crippen molar-refractivity contribution < 1.29 is 14.3 Å². The molecule has 15 heavy (non-hydrogen) atoms. The smallest absolute Gasteiger partial charge is 0.231 e. The molecule has 0 aliphatic carbocycles. The Morgan fingerprint density at radius 3 is 3.00 bits per heavy atom. The SMILES string of the molecule is CC(=O)NNCc1ccc2c(c1)OCO2. The predicted molar refractivity (Wildman–Crippen MR) is 53.2 cm³/mol. The van der Waals surface area contributed by atoms with Crippen LogP contribution in [0, 0.1) is 0 Å². The molecule has 0 aromatic heterocycles. The minimum Gasteiger partial charge on any atom is -0.454 e. The lowest BCUT2D eigenvalue weighted by Crippen LogP contribution is -2.34. The number of rotatable bonds is 3. The van der Waals surface area contributed by atoms with Crippen LogP contribution in [-0.2, 0) is 11.3 Å². The van der Waals surface area contributed by atoms with Crippen LogP contribution < -0.4 is 20.3 Å². The number of amides is 1. The number of nitrogens with one attached hydrogen (secondary N) is 2. The molecule has 2 rings (SSSR count). The van der Waals surface area contributed by atoms with Crippen LogP contribution in [0.2, 0.25) is 0 Å². The number of hydrogen-bond donors (Lipinski definition) is 2. The second kappa shape index (κ2) is 4.18. The first-order chi connectivity index (χ1) is 7.25. The van der Waals surface area contributed by atoms with Crippen LogP contribution in [0.3, 0.4) is 0 Å². The van der Waals surface area contributed by atoms with E-state index in [0.717, 1.165) is 17.1 Å². The first kappa shape index (κ1) is 9.79. The number of fused-ring (bicyclic) bond motifs is 1. The van der Waals surface area contributed by atoms with Crippen molar-refractivity contribution >= 4 is 5.91 Å². The Balaban J connectivity index is 1.95. The molecule has 0 unspecified atom stereocenters. The molecule has 1 aliphatic heterocycles. The van der Waals surface area contributed by atoms with Crippen molar-refractivity contribution in [2.75, 3.05) is 6.79 Å². The highest BCUT2D eigenvalue weighted by atomic mass is 16.7. The van der Waals surface area contributed by atoms with Crippen molar-refractivity contribution in [2.24, 2.45) is 0 Å². The molecule has 1 amide bonds. The molecule has 1 aromatic carbocycles. The van der Waals surface area contributed by atoms with Gasteiger partial charge in [-0.2, -0.15) is 0 Å². The lowest BCUT2D eigenvalue weighted by Gasteiger charge is -2.05. The first-order valence-corrected chi connectivity index (χ1v) is 4.63. The molecule has 2 N–H and O–H groups in total. The Morgan fingerprint density at radius 1 is 1.40 bits per heavy atom. The van der Waals surface area contributed by atoms with Crippen LogP contribution in [-0.4, -0.2) is 12.7 Å². The lowest BCUT2D eigenvalue weighted by molar-refractivity contribution is -0.119. The van der Waals surface area contributed by atoms with Crippen molar-refractivity contribution in [3.05, 3.63) is 23.8 Å². The minimum absolute atomic E-state index is 0.115. The molecule has 1 aromatic rings. The molecule has 0 spiro atoms. The van der Waals surface area contributed by atoms with Gasteiger partial charge in [0.2, 0.25) is 12.7 Å². The molecule has 0 bridgehead atoms. The van der Waals surface area contributed by atoms with Gasteiger partial charge in [0.25, 0.3) is 0 Å². The van der Waals surface area contributed by atoms with Gasteiger partial charge in [-0.3, -0.25) is 10.2 Å². The summed E-state index contributed by atoms with van der Waals surface area (Å²) in [5, 5.41) is 0. The van der Waals surface area contributed by atoms with Gasteiger partial charge in [0.15, 0.2) is 11.5 Å². The summed E-state index contributed by atoms with van der Waals surface area (Å²) in [6.45, 7) is 2.28. The molecule has 1 heterocycles. The van der Waals surface area contributed by atoms with Crippen LogP contribution in [0.4, 0.5) is 0 Å². The number of carbonyl (C=O) groups excluding carboxylic acids is 1. The normalized spacial score (nSPS) is 12.6. The molecule has 5 nitrogen and oxygen atoms in total. The monoisotopic (exact) mass is 208 g/mol. The fourth-order valence-electron chi connectivity index (χ4n) is 1.32. The van der Waals surface area contributed by atoms with Gasteiger partial charge in [-0.15, -0.1) is 0 Å². The molecule has 0 fully saturated rings. The van der Waals surface area contributed by atoms with E-state index < -0.39 is 0 Å². The molecule has 0 atom stereocenters. The Hall–Kier alpha value is -1.75. The summed E-state index contributed by atoms with van der Waals surface area (Å²) < 4.78 is 10.4. The van der Waals surface area contributed by atoms with E-state index in [1.54, 1.807) is 0 Å². The van der Waals surface area contributed by atoms with E-state index in [1.807, 2.05) is 18.2 Å². The molecular weight excluding hydrogens is 196 g/mol. The van der Waals surface area contributed by atoms with Crippen LogP contribution >= 0.6 is 0 Å². The van der Waals surface area contributed by atoms with Crippen LogP contribution in [0.15, 0.2) is 18.2 Å². The summed E-state index contributed by atoms with van der Waals surface area (Å²) in [5.74, 6) is 1.39. The van der Waals surface area contributed by atoms with Crippen LogP contribution in [0.1, 0.15) is 12.5 Å². The number of carbonyl (C=O) groups is 1. The highest BCUT2D eigenvalue weighted by molar-refractivity contribution is 5.72. The van der Waals surface area contributed by atoms with Gasteiger partial charge in [-0.1, -0.05) is 6.07 Å². The lowest BCUT2D eigenvalue weighted by atomic mass is 10.2. The zero-order valence-corrected chi connectivity index (χ0v) is 8.37. The average Bonchev–Trinajstić information content (AvgIpc) is 2.64. The van der Waals surface area contributed by atoms with Gasteiger partial charge >= 0.3 is 0 Å². The summed E-state index contributed by atoms with van der Waals surface area (Å²) in [7, 11) is 0. The third-order valence-corrected chi connectivity index (χ3v) is 1.99. The maximum atomic E-state index is 10.6. The van der Waals surface area contributed by atoms with E-state index >= 15 is 0 Å². The maximum Gasteiger partial charge on any atom is 0.231 e. The van der Waals surface area contributed by atoms with Crippen molar-refractivity contribution in [3.63, 3.8) is 0 Å². The zero-order valence-electron chi connectivity index (χ0n) is 8.37. The van der Waals surface area contributed by atoms with E-state index in [0.29, 0.717) is 6.54 Å². The summed E-state index contributed by atoms with van der Waals surface area (Å²) in [5.41, 5.74) is 6.32. The molecular formula is C10H12N2O3. The number of hydrazine groups is 1. The molecule has 0 saturated carbocycles. The largest absolute Gasteiger partial charge is 0.454 e. The van der Waals surface area contributed by atoms with Crippen LogP contribution in [0.25, 0.3) is 0 Å². The molecule has 80 valence electrons. The number of hydrogen-bond acceptors (Lipinski definition) is 4. The van der Waals surface area contributed by atoms with Crippen molar-refractivity contribution in [1.82, 2.24) is 10.9 Å². The minimum atomic E-state index is -0.115. The quantitative estimate of drug-likeness (QED) is 0.712. The third kappa shape index (κ3) is 2.38. The van der Waals surface area contributed by atoms with Gasteiger partial charge in [0.05, 0.1) is 0 Å². The zero-order chi connectivity index (χ0) is 10.7.